The number of rotatable bonds is 8. The van der Waals surface area contributed by atoms with Gasteiger partial charge in [0.2, 0.25) is 0 Å². The van der Waals surface area contributed by atoms with Crippen molar-refractivity contribution in [2.24, 2.45) is 4.99 Å². The molecule has 12 heteroatoms. The van der Waals surface area contributed by atoms with Crippen molar-refractivity contribution < 1.29 is 31.2 Å². The molecular weight excluding hydrogens is 485 g/mol. The lowest BCUT2D eigenvalue weighted by atomic mass is 10.1. The number of nitrogens with one attached hydrogen (secondary N) is 1. The number of nitrogens with zero attached hydrogens (tertiary/aromatic N) is 1. The van der Waals surface area contributed by atoms with Gasteiger partial charge >= 0.3 is 6.18 Å². The zero-order valence-electron chi connectivity index (χ0n) is 17.2. The number of hydrogen-bond donors (Lipinski definition) is 1. The third-order valence-electron chi connectivity index (χ3n) is 4.00. The third-order valence-corrected chi connectivity index (χ3v) is 7.04. The number of benzene rings is 1. The molecule has 6 nitrogen and oxygen atoms in total. The van der Waals surface area contributed by atoms with Crippen LogP contribution in [0.25, 0.3) is 0 Å². The lowest BCUT2D eigenvalue weighted by molar-refractivity contribution is -0.137. The molecule has 0 spiro atoms. The van der Waals surface area contributed by atoms with Crippen molar-refractivity contribution in [1.29, 1.82) is 0 Å². The van der Waals surface area contributed by atoms with Gasteiger partial charge < -0.3 is 0 Å². The molecule has 0 aliphatic carbocycles. The van der Waals surface area contributed by atoms with Crippen LogP contribution in [0.2, 0.25) is 0 Å². The highest BCUT2D eigenvalue weighted by Gasteiger charge is 2.34. The maximum Gasteiger partial charge on any atom is 0.417 e. The lowest BCUT2D eigenvalue weighted by Crippen LogP contribution is -2.22. The molecule has 2 aromatic rings. The predicted octanol–water partition coefficient (Wildman–Crippen LogP) is 4.88. The zero-order valence-corrected chi connectivity index (χ0v) is 19.6. The van der Waals surface area contributed by atoms with Crippen molar-refractivity contribution in [3.63, 3.8) is 0 Å². The standard InChI is InChI=1S/C20H19F3N2O4S3/c1-12(8-24-13(2)17-9-30-10-18(17)20(21,22)23)25-32(28,29)16-6-4-15(5-7-16)19(27)11-31-14(3)26/h4-10,25H,11H2,1-3H3/b12-8+,24-13?. The second kappa shape index (κ2) is 10.5. The lowest BCUT2D eigenvalue weighted by Gasteiger charge is -2.09. The topological polar surface area (TPSA) is 92.7 Å². The Balaban J connectivity index is 2.13. The maximum absolute atomic E-state index is 13.0. The van der Waals surface area contributed by atoms with E-state index in [-0.39, 0.29) is 44.1 Å². The smallest absolute Gasteiger partial charge is 0.293 e. The fourth-order valence-corrected chi connectivity index (χ4v) is 4.92. The number of allylic oxidation sites excluding steroid dienone is 1. The second-order valence-corrected chi connectivity index (χ2v) is 10.1. The van der Waals surface area contributed by atoms with Crippen LogP contribution in [0, 0.1) is 0 Å². The minimum atomic E-state index is -4.51. The largest absolute Gasteiger partial charge is 0.417 e. The molecule has 2 rings (SSSR count). The van der Waals surface area contributed by atoms with E-state index in [4.69, 9.17) is 0 Å². The van der Waals surface area contributed by atoms with Gasteiger partial charge in [0.15, 0.2) is 10.9 Å². The molecule has 0 radical (unpaired) electrons. The minimum Gasteiger partial charge on any atom is -0.293 e. The number of ketones is 1. The molecule has 0 unspecified atom stereocenters. The van der Waals surface area contributed by atoms with Crippen LogP contribution in [0.15, 0.2) is 56.8 Å². The highest BCUT2D eigenvalue weighted by molar-refractivity contribution is 8.14. The van der Waals surface area contributed by atoms with Crippen molar-refractivity contribution in [2.45, 2.75) is 31.8 Å². The Kier molecular flexibility index (Phi) is 8.43. The Morgan fingerprint density at radius 2 is 1.75 bits per heavy atom. The van der Waals surface area contributed by atoms with Gasteiger partial charge in [0.25, 0.3) is 10.0 Å². The highest BCUT2D eigenvalue weighted by atomic mass is 32.2. The molecule has 1 aromatic carbocycles. The van der Waals surface area contributed by atoms with Crippen LogP contribution in [0.5, 0.6) is 0 Å². The summed E-state index contributed by atoms with van der Waals surface area (Å²) in [6.07, 6.45) is -3.38. The number of hydrogen-bond acceptors (Lipinski definition) is 7. The summed E-state index contributed by atoms with van der Waals surface area (Å²) in [6, 6.07) is 5.18. The molecule has 1 heterocycles. The van der Waals surface area contributed by atoms with E-state index in [9.17, 15) is 31.2 Å². The molecule has 0 bridgehead atoms. The maximum atomic E-state index is 13.0. The van der Waals surface area contributed by atoms with E-state index in [1.165, 1.54) is 50.4 Å². The number of alkyl halides is 3. The molecule has 0 saturated heterocycles. The monoisotopic (exact) mass is 504 g/mol. The summed E-state index contributed by atoms with van der Waals surface area (Å²) in [7, 11) is -4.00. The Bertz CT molecular complexity index is 1170. The molecular formula is C20H19F3N2O4S3. The van der Waals surface area contributed by atoms with E-state index < -0.39 is 21.8 Å². The van der Waals surface area contributed by atoms with E-state index >= 15 is 0 Å². The predicted molar refractivity (Wildman–Crippen MR) is 120 cm³/mol. The van der Waals surface area contributed by atoms with Gasteiger partial charge in [-0.15, -0.1) is 0 Å². The van der Waals surface area contributed by atoms with Gasteiger partial charge in [-0.05, 0) is 26.0 Å². The zero-order chi connectivity index (χ0) is 24.1. The van der Waals surface area contributed by atoms with Gasteiger partial charge in [-0.2, -0.15) is 24.5 Å². The Morgan fingerprint density at radius 3 is 2.31 bits per heavy atom. The molecule has 32 heavy (non-hydrogen) atoms. The second-order valence-electron chi connectivity index (χ2n) is 6.56. The average Bonchev–Trinajstić information content (AvgIpc) is 3.20. The molecule has 1 N–H and O–H groups in total. The first kappa shape index (κ1) is 25.8. The number of halogens is 3. The van der Waals surface area contributed by atoms with Crippen molar-refractivity contribution in [1.82, 2.24) is 4.72 Å². The molecule has 0 saturated carbocycles. The van der Waals surface area contributed by atoms with Gasteiger partial charge in [-0.1, -0.05) is 23.9 Å². The van der Waals surface area contributed by atoms with Crippen LogP contribution in [0.3, 0.4) is 0 Å². The van der Waals surface area contributed by atoms with Crippen molar-refractivity contribution >= 4 is 49.7 Å². The fraction of sp³-hybridized carbons (Fsp3) is 0.250. The first-order valence-electron chi connectivity index (χ1n) is 8.95. The number of aliphatic imine (C=N–C) groups is 1. The normalized spacial score (nSPS) is 13.2. The van der Waals surface area contributed by atoms with E-state index in [0.29, 0.717) is 0 Å². The first-order valence-corrected chi connectivity index (χ1v) is 12.4. The average molecular weight is 505 g/mol. The molecule has 0 fully saturated rings. The Labute approximate surface area is 191 Å². The molecule has 172 valence electrons. The summed E-state index contributed by atoms with van der Waals surface area (Å²) in [6.45, 7) is 4.15. The summed E-state index contributed by atoms with van der Waals surface area (Å²) in [5, 5.41) is 2.11. The van der Waals surface area contributed by atoms with E-state index in [1.54, 1.807) is 0 Å². The third kappa shape index (κ3) is 7.04. The van der Waals surface area contributed by atoms with Crippen molar-refractivity contribution in [3.8, 4) is 0 Å². The fourth-order valence-electron chi connectivity index (χ4n) is 2.43. The SMILES string of the molecule is CC(=O)SCC(=O)c1ccc(S(=O)(=O)N/C(C)=C/N=C(C)c2cscc2C(F)(F)F)cc1. The van der Waals surface area contributed by atoms with Crippen LogP contribution in [0.1, 0.15) is 42.3 Å². The number of Topliss-reactive ketones (excluding diaryl/α,β-unsaturated/α-hetero) is 1. The van der Waals surface area contributed by atoms with Gasteiger partial charge in [0.05, 0.1) is 16.2 Å². The number of sulfonamides is 1. The Morgan fingerprint density at radius 1 is 1.12 bits per heavy atom. The summed E-state index contributed by atoms with van der Waals surface area (Å²) in [5.41, 5.74) is -0.430. The van der Waals surface area contributed by atoms with E-state index in [2.05, 4.69) is 9.71 Å². The van der Waals surface area contributed by atoms with Gasteiger partial charge in [0, 0.05) is 46.4 Å². The summed E-state index contributed by atoms with van der Waals surface area (Å²) >= 11 is 1.76. The van der Waals surface area contributed by atoms with E-state index in [0.717, 1.165) is 34.7 Å². The number of thiophene rings is 1. The summed E-state index contributed by atoms with van der Waals surface area (Å²) in [5.74, 6) is -0.353. The van der Waals surface area contributed by atoms with E-state index in [1.807, 2.05) is 0 Å². The quantitative estimate of drug-likeness (QED) is 0.409. The van der Waals surface area contributed by atoms with Gasteiger partial charge in [-0.3, -0.25) is 19.3 Å². The van der Waals surface area contributed by atoms with Crippen LogP contribution < -0.4 is 4.72 Å². The number of carbonyl (C=O) groups is 2. The minimum absolute atomic E-state index is 0.0426. The molecule has 0 atom stereocenters. The van der Waals surface area contributed by atoms with Gasteiger partial charge in [-0.25, -0.2) is 8.42 Å². The summed E-state index contributed by atoms with van der Waals surface area (Å²) < 4.78 is 66.4. The van der Waals surface area contributed by atoms with Crippen molar-refractivity contribution in [2.75, 3.05) is 5.75 Å². The van der Waals surface area contributed by atoms with Crippen molar-refractivity contribution in [3.05, 3.63) is 63.6 Å². The number of carbonyl (C=O) groups excluding carboxylic acids is 2. The first-order chi connectivity index (χ1) is 14.8. The van der Waals surface area contributed by atoms with Crippen LogP contribution in [0.4, 0.5) is 13.2 Å². The molecule has 0 amide bonds. The van der Waals surface area contributed by atoms with Crippen LogP contribution >= 0.6 is 23.1 Å². The molecule has 1 aromatic heterocycles. The van der Waals surface area contributed by atoms with Gasteiger partial charge in [0.1, 0.15) is 0 Å². The number of thioether (sulfide) groups is 1. The van der Waals surface area contributed by atoms with Crippen LogP contribution in [-0.2, 0) is 21.0 Å². The Hall–Kier alpha value is -2.44. The van der Waals surface area contributed by atoms with Crippen LogP contribution in [-0.4, -0.2) is 30.8 Å². The highest BCUT2D eigenvalue weighted by Crippen LogP contribution is 2.34. The molecule has 0 aliphatic rings. The summed E-state index contributed by atoms with van der Waals surface area (Å²) in [4.78, 5) is 26.8. The molecule has 0 aliphatic heterocycles.